The van der Waals surface area contributed by atoms with E-state index in [1.54, 1.807) is 18.2 Å². The molecule has 144 valence electrons. The minimum atomic E-state index is -0.202. The first-order valence-electron chi connectivity index (χ1n) is 9.10. The van der Waals surface area contributed by atoms with E-state index in [0.29, 0.717) is 23.7 Å². The standard InChI is InChI=1S/C22H22ClN3O2/c1-2-25(16-21(27)24-15-17-8-10-19(23)11-9-17)22(28)18-6-5-7-20(14-18)26-12-3-4-13-26/h3-14H,2,15-16H2,1H3,(H,24,27). The number of benzene rings is 2. The molecule has 3 rings (SSSR count). The number of halogens is 1. The molecule has 0 saturated carbocycles. The Morgan fingerprint density at radius 2 is 1.75 bits per heavy atom. The van der Waals surface area contributed by atoms with Crippen LogP contribution in [0.1, 0.15) is 22.8 Å². The molecule has 0 bridgehead atoms. The van der Waals surface area contributed by atoms with Gasteiger partial charge in [-0.1, -0.05) is 29.8 Å². The lowest BCUT2D eigenvalue weighted by molar-refractivity contribution is -0.121. The van der Waals surface area contributed by atoms with Crippen LogP contribution in [0.25, 0.3) is 5.69 Å². The summed E-state index contributed by atoms with van der Waals surface area (Å²) in [6, 6.07) is 18.5. The summed E-state index contributed by atoms with van der Waals surface area (Å²) in [5, 5.41) is 3.50. The molecule has 28 heavy (non-hydrogen) atoms. The number of rotatable bonds is 7. The molecule has 0 fully saturated rings. The van der Waals surface area contributed by atoms with E-state index >= 15 is 0 Å². The van der Waals surface area contributed by atoms with Gasteiger partial charge in [-0.05, 0) is 55.0 Å². The number of nitrogens with zero attached hydrogens (tertiary/aromatic N) is 2. The molecule has 0 unspecified atom stereocenters. The predicted octanol–water partition coefficient (Wildman–Crippen LogP) is 3.91. The van der Waals surface area contributed by atoms with Crippen molar-refractivity contribution >= 4 is 23.4 Å². The van der Waals surface area contributed by atoms with Gasteiger partial charge in [0.25, 0.3) is 5.91 Å². The number of hydrogen-bond acceptors (Lipinski definition) is 2. The Balaban J connectivity index is 1.62. The van der Waals surface area contributed by atoms with Crippen LogP contribution in [-0.2, 0) is 11.3 Å². The molecule has 0 aliphatic rings. The third kappa shape index (κ3) is 5.02. The lowest BCUT2D eigenvalue weighted by Crippen LogP contribution is -2.40. The summed E-state index contributed by atoms with van der Waals surface area (Å²) >= 11 is 5.87. The monoisotopic (exact) mass is 395 g/mol. The third-order valence-corrected chi connectivity index (χ3v) is 4.65. The topological polar surface area (TPSA) is 54.3 Å². The molecule has 0 radical (unpaired) electrons. The first-order valence-corrected chi connectivity index (χ1v) is 9.48. The van der Waals surface area contributed by atoms with Crippen molar-refractivity contribution in [2.45, 2.75) is 13.5 Å². The molecule has 0 aliphatic heterocycles. The fourth-order valence-electron chi connectivity index (χ4n) is 2.85. The first kappa shape index (κ1) is 19.7. The molecule has 2 amide bonds. The van der Waals surface area contributed by atoms with Crippen molar-refractivity contribution in [2.75, 3.05) is 13.1 Å². The van der Waals surface area contributed by atoms with Crippen molar-refractivity contribution in [3.63, 3.8) is 0 Å². The molecule has 0 saturated heterocycles. The number of aromatic nitrogens is 1. The molecule has 1 aromatic heterocycles. The van der Waals surface area contributed by atoms with Crippen LogP contribution in [0.2, 0.25) is 5.02 Å². The maximum atomic E-state index is 12.9. The van der Waals surface area contributed by atoms with Crippen LogP contribution in [0.3, 0.4) is 0 Å². The average Bonchev–Trinajstić information content (AvgIpc) is 3.26. The molecule has 6 heteroatoms. The highest BCUT2D eigenvalue weighted by molar-refractivity contribution is 6.30. The Bertz CT molecular complexity index is 937. The molecule has 1 N–H and O–H groups in total. The van der Waals surface area contributed by atoms with E-state index in [-0.39, 0.29) is 18.4 Å². The zero-order valence-corrected chi connectivity index (χ0v) is 16.4. The van der Waals surface area contributed by atoms with Crippen LogP contribution in [0, 0.1) is 0 Å². The van der Waals surface area contributed by atoms with Crippen LogP contribution in [0.4, 0.5) is 0 Å². The molecule has 5 nitrogen and oxygen atoms in total. The fraction of sp³-hybridized carbons (Fsp3) is 0.182. The fourth-order valence-corrected chi connectivity index (χ4v) is 2.97. The molecular formula is C22H22ClN3O2. The number of carbonyl (C=O) groups excluding carboxylic acids is 2. The summed E-state index contributed by atoms with van der Waals surface area (Å²) < 4.78 is 1.94. The van der Waals surface area contributed by atoms with Gasteiger partial charge in [0.15, 0.2) is 0 Å². The zero-order valence-electron chi connectivity index (χ0n) is 15.6. The highest BCUT2D eigenvalue weighted by Gasteiger charge is 2.17. The van der Waals surface area contributed by atoms with Gasteiger partial charge in [-0.3, -0.25) is 9.59 Å². The highest BCUT2D eigenvalue weighted by Crippen LogP contribution is 2.13. The molecule has 1 heterocycles. The van der Waals surface area contributed by atoms with Gasteiger partial charge in [0.2, 0.25) is 5.91 Å². The van der Waals surface area contributed by atoms with Crippen molar-refractivity contribution in [1.29, 1.82) is 0 Å². The van der Waals surface area contributed by atoms with Crippen LogP contribution in [-0.4, -0.2) is 34.4 Å². The lowest BCUT2D eigenvalue weighted by Gasteiger charge is -2.21. The third-order valence-electron chi connectivity index (χ3n) is 4.40. The second-order valence-corrected chi connectivity index (χ2v) is 6.80. The summed E-state index contributed by atoms with van der Waals surface area (Å²) in [6.07, 6.45) is 3.84. The van der Waals surface area contributed by atoms with Gasteiger partial charge in [-0.25, -0.2) is 0 Å². The van der Waals surface area contributed by atoms with Crippen LogP contribution >= 0.6 is 11.6 Å². The minimum Gasteiger partial charge on any atom is -0.350 e. The summed E-state index contributed by atoms with van der Waals surface area (Å²) in [5.41, 5.74) is 2.41. The largest absolute Gasteiger partial charge is 0.350 e. The van der Waals surface area contributed by atoms with Crippen molar-refractivity contribution in [3.05, 3.63) is 89.2 Å². The number of carbonyl (C=O) groups is 2. The second-order valence-electron chi connectivity index (χ2n) is 6.36. The number of hydrogen-bond donors (Lipinski definition) is 1. The normalized spacial score (nSPS) is 10.5. The van der Waals surface area contributed by atoms with Crippen molar-refractivity contribution in [2.24, 2.45) is 0 Å². The SMILES string of the molecule is CCN(CC(=O)NCc1ccc(Cl)cc1)C(=O)c1cccc(-n2cccc2)c1. The van der Waals surface area contributed by atoms with Crippen LogP contribution < -0.4 is 5.32 Å². The zero-order chi connectivity index (χ0) is 19.9. The van der Waals surface area contributed by atoms with E-state index in [4.69, 9.17) is 11.6 Å². The van der Waals surface area contributed by atoms with E-state index in [1.807, 2.05) is 66.3 Å². The number of amides is 2. The van der Waals surface area contributed by atoms with Gasteiger partial charge in [0.1, 0.15) is 0 Å². The average molecular weight is 396 g/mol. The second kappa shape index (κ2) is 9.24. The van der Waals surface area contributed by atoms with Crippen LogP contribution in [0.5, 0.6) is 0 Å². The maximum absolute atomic E-state index is 12.9. The summed E-state index contributed by atoms with van der Waals surface area (Å²) in [7, 11) is 0. The molecule has 2 aromatic carbocycles. The molecule has 0 aliphatic carbocycles. The Morgan fingerprint density at radius 3 is 2.43 bits per heavy atom. The Labute approximate surface area is 169 Å². The van der Waals surface area contributed by atoms with Gasteiger partial charge >= 0.3 is 0 Å². The van der Waals surface area contributed by atoms with Crippen molar-refractivity contribution < 1.29 is 9.59 Å². The minimum absolute atomic E-state index is 0.0106. The molecular weight excluding hydrogens is 374 g/mol. The van der Waals surface area contributed by atoms with Gasteiger partial charge in [-0.2, -0.15) is 0 Å². The van der Waals surface area contributed by atoms with Crippen LogP contribution in [0.15, 0.2) is 73.1 Å². The lowest BCUT2D eigenvalue weighted by atomic mass is 10.1. The van der Waals surface area contributed by atoms with E-state index in [2.05, 4.69) is 5.32 Å². The van der Waals surface area contributed by atoms with Crippen molar-refractivity contribution in [1.82, 2.24) is 14.8 Å². The van der Waals surface area contributed by atoms with E-state index in [1.165, 1.54) is 4.90 Å². The number of likely N-dealkylation sites (N-methyl/N-ethyl adjacent to an activating group) is 1. The summed E-state index contributed by atoms with van der Waals surface area (Å²) in [6.45, 7) is 2.71. The van der Waals surface area contributed by atoms with Gasteiger partial charge in [-0.15, -0.1) is 0 Å². The quantitative estimate of drug-likeness (QED) is 0.659. The van der Waals surface area contributed by atoms with E-state index in [9.17, 15) is 9.59 Å². The van der Waals surface area contributed by atoms with Gasteiger partial charge < -0.3 is 14.8 Å². The van der Waals surface area contributed by atoms with Gasteiger partial charge in [0, 0.05) is 41.8 Å². The molecule has 0 spiro atoms. The summed E-state index contributed by atoms with van der Waals surface area (Å²) in [4.78, 5) is 26.7. The maximum Gasteiger partial charge on any atom is 0.254 e. The number of nitrogens with one attached hydrogen (secondary N) is 1. The Kier molecular flexibility index (Phi) is 6.50. The van der Waals surface area contributed by atoms with E-state index in [0.717, 1.165) is 11.3 Å². The molecule has 0 atom stereocenters. The summed E-state index contributed by atoms with van der Waals surface area (Å²) in [5.74, 6) is -0.370. The highest BCUT2D eigenvalue weighted by atomic mass is 35.5. The Morgan fingerprint density at radius 1 is 1.04 bits per heavy atom. The van der Waals surface area contributed by atoms with E-state index < -0.39 is 0 Å². The van der Waals surface area contributed by atoms with Gasteiger partial charge in [0.05, 0.1) is 6.54 Å². The predicted molar refractivity (Wildman–Crippen MR) is 111 cm³/mol. The first-order chi connectivity index (χ1) is 13.6. The van der Waals surface area contributed by atoms with Crippen molar-refractivity contribution in [3.8, 4) is 5.69 Å². The Hall–Kier alpha value is -3.05. The molecule has 3 aromatic rings. The smallest absolute Gasteiger partial charge is 0.254 e.